The molecule has 0 unspecified atom stereocenters. The van der Waals surface area contributed by atoms with Gasteiger partial charge in [-0.25, -0.2) is 4.57 Å². The molecule has 4 rings (SSSR count). The zero-order chi connectivity index (χ0) is 21.1. The number of nitrogens with zero attached hydrogens (tertiary/aromatic N) is 1. The largest absolute Gasteiger partial charge is 0.469 e. The number of carbonyl (C=O) groups excluding carboxylic acids is 1. The van der Waals surface area contributed by atoms with Crippen molar-refractivity contribution in [2.45, 2.75) is 31.5 Å². The predicted molar refractivity (Wildman–Crippen MR) is 112 cm³/mol. The number of phosphoric acid groups is 1. The molecule has 3 N–H and O–H groups in total. The number of benzene rings is 2. The molecule has 2 fully saturated rings. The lowest BCUT2D eigenvalue weighted by molar-refractivity contribution is -0.127. The van der Waals surface area contributed by atoms with Gasteiger partial charge in [-0.05, 0) is 30.5 Å². The third kappa shape index (κ3) is 4.66. The van der Waals surface area contributed by atoms with Crippen LogP contribution in [0.2, 0.25) is 0 Å². The monoisotopic (exact) mass is 430 g/mol. The van der Waals surface area contributed by atoms with E-state index in [9.17, 15) is 19.1 Å². The second-order valence-corrected chi connectivity index (χ2v) is 9.22. The van der Waals surface area contributed by atoms with E-state index < -0.39 is 13.7 Å². The molecule has 0 aromatic heterocycles. The van der Waals surface area contributed by atoms with Crippen LogP contribution >= 0.6 is 7.82 Å². The van der Waals surface area contributed by atoms with Gasteiger partial charge in [-0.3, -0.25) is 14.2 Å². The van der Waals surface area contributed by atoms with Crippen molar-refractivity contribution in [2.24, 2.45) is 11.8 Å². The van der Waals surface area contributed by atoms with Crippen LogP contribution in [0, 0.1) is 11.8 Å². The first kappa shape index (κ1) is 21.2. The lowest BCUT2D eigenvalue weighted by Gasteiger charge is -2.27. The van der Waals surface area contributed by atoms with Crippen LogP contribution in [0.25, 0.3) is 0 Å². The number of hydrogen-bond acceptors (Lipinski definition) is 4. The summed E-state index contributed by atoms with van der Waals surface area (Å²) in [5.41, 5.74) is 2.05. The third-order valence-electron chi connectivity index (χ3n) is 6.18. The van der Waals surface area contributed by atoms with E-state index in [2.05, 4.69) is 10.2 Å². The molecule has 2 aliphatic rings. The second kappa shape index (κ2) is 9.00. The summed E-state index contributed by atoms with van der Waals surface area (Å²) in [5.74, 6) is -0.851. The van der Waals surface area contributed by atoms with Gasteiger partial charge in [0.25, 0.3) is 0 Å². The minimum Gasteiger partial charge on any atom is -0.352 e. The van der Waals surface area contributed by atoms with E-state index in [1.807, 2.05) is 60.7 Å². The Labute approximate surface area is 176 Å². The molecule has 2 saturated heterocycles. The number of carbonyl (C=O) groups is 1. The van der Waals surface area contributed by atoms with Gasteiger partial charge >= 0.3 is 7.82 Å². The molecular formula is C22H27N2O5P. The Hall–Kier alpha value is -2.02. The summed E-state index contributed by atoms with van der Waals surface area (Å²) < 4.78 is 16.3. The second-order valence-electron chi connectivity index (χ2n) is 7.98. The Morgan fingerprint density at radius 1 is 1.10 bits per heavy atom. The Kier molecular flexibility index (Phi) is 6.37. The van der Waals surface area contributed by atoms with Gasteiger partial charge in [0.15, 0.2) is 0 Å². The van der Waals surface area contributed by atoms with E-state index in [0.717, 1.165) is 30.5 Å². The standard InChI is InChI=1S/C22H27N2O5P/c25-22(23-14-16-8-3-1-4-9-16)20-18(15-29-30(26,27)28)19-12-7-13-24(19)21(20)17-10-5-2-6-11-17/h1-6,8-11,18-21H,7,12-15H2,(H,23,25)(H2,26,27,28)/t18-,19-,20-,21-/m0/s1. The van der Waals surface area contributed by atoms with E-state index in [0.29, 0.717) is 6.54 Å². The molecule has 1 amide bonds. The Morgan fingerprint density at radius 3 is 2.43 bits per heavy atom. The molecule has 8 heteroatoms. The fourth-order valence-electron chi connectivity index (χ4n) is 4.99. The third-order valence-corrected chi connectivity index (χ3v) is 6.67. The maximum absolute atomic E-state index is 13.4. The molecule has 7 nitrogen and oxygen atoms in total. The fraction of sp³-hybridized carbons (Fsp3) is 0.409. The van der Waals surface area contributed by atoms with Crippen molar-refractivity contribution >= 4 is 13.7 Å². The van der Waals surface area contributed by atoms with E-state index in [4.69, 9.17) is 4.52 Å². The summed E-state index contributed by atoms with van der Waals surface area (Å²) in [6.07, 6.45) is 1.89. The molecule has 2 aromatic carbocycles. The van der Waals surface area contributed by atoms with Crippen LogP contribution in [-0.4, -0.2) is 39.8 Å². The number of rotatable bonds is 7. The predicted octanol–water partition coefficient (Wildman–Crippen LogP) is 2.86. The topological polar surface area (TPSA) is 99.1 Å². The van der Waals surface area contributed by atoms with Gasteiger partial charge in [0.05, 0.1) is 12.5 Å². The summed E-state index contributed by atoms with van der Waals surface area (Å²) in [4.78, 5) is 34.2. The van der Waals surface area contributed by atoms with Crippen LogP contribution < -0.4 is 5.32 Å². The first-order valence-corrected chi connectivity index (χ1v) is 11.8. The average molecular weight is 430 g/mol. The van der Waals surface area contributed by atoms with Crippen LogP contribution in [0.4, 0.5) is 0 Å². The van der Waals surface area contributed by atoms with Crippen LogP contribution in [0.15, 0.2) is 60.7 Å². The van der Waals surface area contributed by atoms with Crippen LogP contribution in [0.5, 0.6) is 0 Å². The summed E-state index contributed by atoms with van der Waals surface area (Å²) in [6.45, 7) is 1.13. The van der Waals surface area contributed by atoms with Crippen molar-refractivity contribution in [3.8, 4) is 0 Å². The smallest absolute Gasteiger partial charge is 0.352 e. The van der Waals surface area contributed by atoms with E-state index >= 15 is 0 Å². The molecule has 0 bridgehead atoms. The quantitative estimate of drug-likeness (QED) is 0.585. The Balaban J connectivity index is 1.61. The average Bonchev–Trinajstić information content (AvgIpc) is 3.32. The van der Waals surface area contributed by atoms with Gasteiger partial charge in [-0.1, -0.05) is 60.7 Å². The molecule has 2 heterocycles. The molecule has 30 heavy (non-hydrogen) atoms. The highest BCUT2D eigenvalue weighted by Gasteiger charge is 2.54. The summed E-state index contributed by atoms with van der Waals surface area (Å²) >= 11 is 0. The molecular weight excluding hydrogens is 403 g/mol. The number of phosphoric ester groups is 1. The van der Waals surface area contributed by atoms with Gasteiger partial charge < -0.3 is 15.1 Å². The molecule has 0 aliphatic carbocycles. The van der Waals surface area contributed by atoms with Crippen LogP contribution in [0.1, 0.15) is 30.0 Å². The first-order valence-electron chi connectivity index (χ1n) is 10.3. The SMILES string of the molecule is O=C(NCc1ccccc1)[C@H]1[C@@H](COP(=O)(O)O)[C@@H]2CCCN2[C@H]1c1ccccc1. The lowest BCUT2D eigenvalue weighted by atomic mass is 9.83. The van der Waals surface area contributed by atoms with Crippen molar-refractivity contribution in [3.63, 3.8) is 0 Å². The van der Waals surface area contributed by atoms with Crippen LogP contribution in [0.3, 0.4) is 0 Å². The molecule has 2 aromatic rings. The number of fused-ring (bicyclic) bond motifs is 1. The van der Waals surface area contributed by atoms with Gasteiger partial charge in [0.1, 0.15) is 0 Å². The molecule has 0 radical (unpaired) electrons. The summed E-state index contributed by atoms with van der Waals surface area (Å²) in [6, 6.07) is 19.5. The fourth-order valence-corrected chi connectivity index (χ4v) is 5.35. The Bertz CT molecular complexity index is 904. The van der Waals surface area contributed by atoms with Crippen molar-refractivity contribution in [3.05, 3.63) is 71.8 Å². The molecule has 2 aliphatic heterocycles. The highest BCUT2D eigenvalue weighted by molar-refractivity contribution is 7.46. The van der Waals surface area contributed by atoms with Crippen molar-refractivity contribution < 1.29 is 23.7 Å². The minimum absolute atomic E-state index is 0.0641. The summed E-state index contributed by atoms with van der Waals surface area (Å²) in [5, 5.41) is 3.04. The van der Waals surface area contributed by atoms with Gasteiger partial charge in [-0.15, -0.1) is 0 Å². The summed E-state index contributed by atoms with van der Waals surface area (Å²) in [7, 11) is -4.62. The highest BCUT2D eigenvalue weighted by atomic mass is 31.2. The van der Waals surface area contributed by atoms with Gasteiger partial charge in [0, 0.05) is 24.5 Å². The number of hydrogen-bond donors (Lipinski definition) is 3. The van der Waals surface area contributed by atoms with Gasteiger partial charge in [0.2, 0.25) is 5.91 Å². The minimum atomic E-state index is -4.62. The van der Waals surface area contributed by atoms with Crippen molar-refractivity contribution in [1.82, 2.24) is 10.2 Å². The van der Waals surface area contributed by atoms with E-state index in [1.165, 1.54) is 0 Å². The maximum Gasteiger partial charge on any atom is 0.469 e. The molecule has 0 spiro atoms. The van der Waals surface area contributed by atoms with Crippen molar-refractivity contribution in [2.75, 3.05) is 13.2 Å². The van der Waals surface area contributed by atoms with E-state index in [-0.39, 0.29) is 30.5 Å². The Morgan fingerprint density at radius 2 is 1.77 bits per heavy atom. The highest BCUT2D eigenvalue weighted by Crippen LogP contribution is 2.50. The van der Waals surface area contributed by atoms with Crippen molar-refractivity contribution in [1.29, 1.82) is 0 Å². The zero-order valence-corrected chi connectivity index (χ0v) is 17.5. The molecule has 0 saturated carbocycles. The maximum atomic E-state index is 13.4. The van der Waals surface area contributed by atoms with Gasteiger partial charge in [-0.2, -0.15) is 0 Å². The number of nitrogens with one attached hydrogen (secondary N) is 1. The lowest BCUT2D eigenvalue weighted by Crippen LogP contribution is -2.38. The number of amides is 1. The molecule has 160 valence electrons. The zero-order valence-electron chi connectivity index (χ0n) is 16.6. The van der Waals surface area contributed by atoms with Crippen LogP contribution in [-0.2, 0) is 20.4 Å². The normalized spacial score (nSPS) is 26.5. The van der Waals surface area contributed by atoms with E-state index in [1.54, 1.807) is 0 Å². The molecule has 4 atom stereocenters. The first-order chi connectivity index (χ1) is 14.4.